The maximum atomic E-state index is 8.96. The highest BCUT2D eigenvalue weighted by Gasteiger charge is 2.38. The molecule has 1 saturated carbocycles. The van der Waals surface area contributed by atoms with E-state index in [9.17, 15) is 0 Å². The van der Waals surface area contributed by atoms with Gasteiger partial charge in [-0.15, -0.1) is 0 Å². The van der Waals surface area contributed by atoms with Gasteiger partial charge in [0.2, 0.25) is 0 Å². The Kier molecular flexibility index (Phi) is 2.55. The molecule has 1 saturated heterocycles. The Balaban J connectivity index is 1.95. The number of hydrogen-bond donors (Lipinski definition) is 0. The number of hydrogen-bond acceptors (Lipinski definition) is 2. The summed E-state index contributed by atoms with van der Waals surface area (Å²) in [5.41, 5.74) is 0. The van der Waals surface area contributed by atoms with Crippen molar-refractivity contribution in [3.8, 4) is 6.07 Å². The molecule has 72 valence electrons. The molecule has 13 heavy (non-hydrogen) atoms. The molecule has 0 N–H and O–H groups in total. The lowest BCUT2D eigenvalue weighted by Crippen LogP contribution is -2.32. The van der Waals surface area contributed by atoms with Gasteiger partial charge in [-0.3, -0.25) is 4.90 Å². The molecule has 0 aromatic heterocycles. The monoisotopic (exact) mass is 178 g/mol. The van der Waals surface area contributed by atoms with Gasteiger partial charge in [0.1, 0.15) is 0 Å². The molecular formula is C11H18N2. The Hall–Kier alpha value is -0.550. The normalized spacial score (nSPS) is 35.7. The molecule has 0 bridgehead atoms. The Bertz CT molecular complexity index is 207. The molecule has 1 heterocycles. The van der Waals surface area contributed by atoms with E-state index in [2.05, 4.69) is 17.9 Å². The molecule has 0 aromatic carbocycles. The number of fused-ring (bicyclic) bond motifs is 1. The van der Waals surface area contributed by atoms with Crippen LogP contribution < -0.4 is 0 Å². The highest BCUT2D eigenvalue weighted by atomic mass is 15.2. The van der Waals surface area contributed by atoms with Gasteiger partial charge in [-0.05, 0) is 31.1 Å². The van der Waals surface area contributed by atoms with E-state index in [0.717, 1.165) is 18.3 Å². The van der Waals surface area contributed by atoms with Crippen LogP contribution in [-0.4, -0.2) is 24.0 Å². The van der Waals surface area contributed by atoms with E-state index >= 15 is 0 Å². The lowest BCUT2D eigenvalue weighted by atomic mass is 10.0. The number of nitrogens with zero attached hydrogens (tertiary/aromatic N) is 2. The van der Waals surface area contributed by atoms with Crippen LogP contribution in [0.3, 0.4) is 0 Å². The van der Waals surface area contributed by atoms with E-state index in [4.69, 9.17) is 5.26 Å². The molecular weight excluding hydrogens is 160 g/mol. The van der Waals surface area contributed by atoms with E-state index in [1.54, 1.807) is 0 Å². The number of likely N-dealkylation sites (tertiary alicyclic amines) is 1. The Morgan fingerprint density at radius 3 is 2.46 bits per heavy atom. The quantitative estimate of drug-likeness (QED) is 0.647. The van der Waals surface area contributed by atoms with Gasteiger partial charge in [-0.1, -0.05) is 13.3 Å². The summed E-state index contributed by atoms with van der Waals surface area (Å²) >= 11 is 0. The summed E-state index contributed by atoms with van der Waals surface area (Å²) in [5, 5.41) is 8.96. The number of nitriles is 1. The van der Waals surface area contributed by atoms with E-state index < -0.39 is 0 Å². The first-order chi connectivity index (χ1) is 6.35. The van der Waals surface area contributed by atoms with Crippen molar-refractivity contribution < 1.29 is 0 Å². The van der Waals surface area contributed by atoms with E-state index in [1.807, 2.05) is 0 Å². The molecule has 2 fully saturated rings. The summed E-state index contributed by atoms with van der Waals surface area (Å²) in [6.07, 6.45) is 5.22. The van der Waals surface area contributed by atoms with E-state index in [1.165, 1.54) is 32.4 Å². The summed E-state index contributed by atoms with van der Waals surface area (Å²) < 4.78 is 0. The number of rotatable bonds is 2. The molecule has 1 aliphatic carbocycles. The van der Waals surface area contributed by atoms with Crippen LogP contribution in [0.15, 0.2) is 0 Å². The standard InChI is InChI=1S/C11H18N2/c1-2-11(6-12)13-7-9-4-3-5-10(9)8-13/h9-11H,2-5,7-8H2,1H3. The largest absolute Gasteiger partial charge is 0.287 e. The van der Waals surface area contributed by atoms with Crippen LogP contribution in [0.25, 0.3) is 0 Å². The summed E-state index contributed by atoms with van der Waals surface area (Å²) in [5.74, 6) is 1.84. The van der Waals surface area contributed by atoms with Gasteiger partial charge >= 0.3 is 0 Å². The lowest BCUT2D eigenvalue weighted by molar-refractivity contribution is 0.262. The van der Waals surface area contributed by atoms with Crippen molar-refractivity contribution in [3.63, 3.8) is 0 Å². The highest BCUT2D eigenvalue weighted by molar-refractivity contribution is 4.98. The van der Waals surface area contributed by atoms with Gasteiger partial charge in [0, 0.05) is 13.1 Å². The van der Waals surface area contributed by atoms with Gasteiger partial charge in [0.25, 0.3) is 0 Å². The van der Waals surface area contributed by atoms with Crippen molar-refractivity contribution >= 4 is 0 Å². The van der Waals surface area contributed by atoms with Crippen molar-refractivity contribution in [1.82, 2.24) is 4.90 Å². The third-order valence-corrected chi connectivity index (χ3v) is 3.73. The van der Waals surface area contributed by atoms with Crippen molar-refractivity contribution in [2.24, 2.45) is 11.8 Å². The molecule has 3 atom stereocenters. The summed E-state index contributed by atoms with van der Waals surface area (Å²) in [4.78, 5) is 2.40. The molecule has 0 amide bonds. The average Bonchev–Trinajstić information content (AvgIpc) is 2.65. The second kappa shape index (κ2) is 3.67. The first-order valence-electron chi connectivity index (χ1n) is 5.48. The molecule has 2 rings (SSSR count). The van der Waals surface area contributed by atoms with Crippen LogP contribution in [0.2, 0.25) is 0 Å². The van der Waals surface area contributed by atoms with Gasteiger partial charge in [0.15, 0.2) is 0 Å². The predicted octanol–water partition coefficient (Wildman–Crippen LogP) is 2.02. The topological polar surface area (TPSA) is 27.0 Å². The van der Waals surface area contributed by atoms with Crippen LogP contribution in [0.5, 0.6) is 0 Å². The Morgan fingerprint density at radius 1 is 1.38 bits per heavy atom. The van der Waals surface area contributed by atoms with Crippen molar-refractivity contribution in [1.29, 1.82) is 5.26 Å². The average molecular weight is 178 g/mol. The zero-order valence-electron chi connectivity index (χ0n) is 8.37. The minimum atomic E-state index is 0.186. The summed E-state index contributed by atoms with van der Waals surface area (Å²) in [7, 11) is 0. The zero-order valence-corrected chi connectivity index (χ0v) is 8.37. The van der Waals surface area contributed by atoms with Gasteiger partial charge in [-0.2, -0.15) is 5.26 Å². The van der Waals surface area contributed by atoms with Gasteiger partial charge in [-0.25, -0.2) is 0 Å². The van der Waals surface area contributed by atoms with Gasteiger partial charge < -0.3 is 0 Å². The molecule has 0 radical (unpaired) electrons. The Labute approximate surface area is 80.5 Å². The smallest absolute Gasteiger partial charge is 0.0975 e. The summed E-state index contributed by atoms with van der Waals surface area (Å²) in [6.45, 7) is 4.50. The lowest BCUT2D eigenvalue weighted by Gasteiger charge is -2.21. The minimum Gasteiger partial charge on any atom is -0.287 e. The highest BCUT2D eigenvalue weighted by Crippen LogP contribution is 2.38. The minimum absolute atomic E-state index is 0.186. The Morgan fingerprint density at radius 2 is 2.00 bits per heavy atom. The second-order valence-corrected chi connectivity index (χ2v) is 4.46. The van der Waals surface area contributed by atoms with E-state index in [0.29, 0.717) is 0 Å². The third kappa shape index (κ3) is 1.58. The zero-order chi connectivity index (χ0) is 9.26. The van der Waals surface area contributed by atoms with Crippen molar-refractivity contribution in [2.75, 3.05) is 13.1 Å². The maximum absolute atomic E-state index is 8.96. The third-order valence-electron chi connectivity index (χ3n) is 3.73. The fraction of sp³-hybridized carbons (Fsp3) is 0.909. The van der Waals surface area contributed by atoms with Crippen LogP contribution in [0.1, 0.15) is 32.6 Å². The van der Waals surface area contributed by atoms with Crippen LogP contribution in [0, 0.1) is 23.2 Å². The van der Waals surface area contributed by atoms with Crippen molar-refractivity contribution in [3.05, 3.63) is 0 Å². The molecule has 0 spiro atoms. The van der Waals surface area contributed by atoms with Gasteiger partial charge in [0.05, 0.1) is 12.1 Å². The molecule has 0 aromatic rings. The SMILES string of the molecule is CCC(C#N)N1CC2CCCC2C1. The van der Waals surface area contributed by atoms with E-state index in [-0.39, 0.29) is 6.04 Å². The first kappa shape index (κ1) is 9.02. The fourth-order valence-corrected chi connectivity index (χ4v) is 2.96. The first-order valence-corrected chi connectivity index (χ1v) is 5.48. The maximum Gasteiger partial charge on any atom is 0.0975 e. The molecule has 3 unspecified atom stereocenters. The molecule has 2 heteroatoms. The molecule has 2 nitrogen and oxygen atoms in total. The van der Waals surface area contributed by atoms with Crippen molar-refractivity contribution in [2.45, 2.75) is 38.6 Å². The predicted molar refractivity (Wildman–Crippen MR) is 52.1 cm³/mol. The van der Waals surface area contributed by atoms with Crippen LogP contribution in [0.4, 0.5) is 0 Å². The van der Waals surface area contributed by atoms with Crippen LogP contribution in [-0.2, 0) is 0 Å². The molecule has 2 aliphatic rings. The second-order valence-electron chi connectivity index (χ2n) is 4.46. The van der Waals surface area contributed by atoms with Crippen LogP contribution >= 0.6 is 0 Å². The molecule has 1 aliphatic heterocycles. The fourth-order valence-electron chi connectivity index (χ4n) is 2.96. The summed E-state index contributed by atoms with van der Waals surface area (Å²) in [6, 6.07) is 2.59.